The van der Waals surface area contributed by atoms with Crippen LogP contribution in [0.1, 0.15) is 20.7 Å². The fourth-order valence-corrected chi connectivity index (χ4v) is 2.46. The van der Waals surface area contributed by atoms with Crippen molar-refractivity contribution in [3.05, 3.63) is 81.1 Å². The van der Waals surface area contributed by atoms with E-state index < -0.39 is 23.0 Å². The molecule has 1 aromatic heterocycles. The monoisotopic (exact) mass is 327 g/mol. The molecule has 3 aromatic rings. The normalized spacial score (nSPS) is 10.7. The fraction of sp³-hybridized carbons (Fsp3) is 0. The molecule has 0 aliphatic heterocycles. The number of pyridine rings is 1. The first-order chi connectivity index (χ1) is 11.0. The van der Waals surface area contributed by atoms with E-state index in [2.05, 4.69) is 0 Å². The number of aromatic nitrogens is 1. The molecule has 0 fully saturated rings. The maximum absolute atomic E-state index is 12.7. The summed E-state index contributed by atoms with van der Waals surface area (Å²) in [6.07, 6.45) is 0. The summed E-state index contributed by atoms with van der Waals surface area (Å²) < 4.78 is 0.877. The number of hydrogen-bond acceptors (Lipinski definition) is 3. The second kappa shape index (κ2) is 5.70. The highest BCUT2D eigenvalue weighted by Gasteiger charge is 2.19. The smallest absolute Gasteiger partial charge is 0.341 e. The van der Waals surface area contributed by atoms with E-state index in [-0.39, 0.29) is 5.56 Å². The summed E-state index contributed by atoms with van der Waals surface area (Å²) in [4.78, 5) is 36.4. The van der Waals surface area contributed by atoms with Gasteiger partial charge in [0.2, 0.25) is 0 Å². The lowest BCUT2D eigenvalue weighted by Crippen LogP contribution is -2.31. The van der Waals surface area contributed by atoms with Crippen LogP contribution in [-0.2, 0) is 0 Å². The average Bonchev–Trinajstić information content (AvgIpc) is 2.54. The molecule has 0 unspecified atom stereocenters. The number of carbonyl (C=O) groups excluding carboxylic acids is 1. The van der Waals surface area contributed by atoms with E-state index in [9.17, 15) is 19.5 Å². The first-order valence-electron chi connectivity index (χ1n) is 6.67. The third-order valence-corrected chi connectivity index (χ3v) is 3.69. The number of aromatic carboxylic acids is 1. The van der Waals surface area contributed by atoms with Crippen LogP contribution >= 0.6 is 11.6 Å². The largest absolute Gasteiger partial charge is 0.477 e. The number of para-hydroxylation sites is 1. The second-order valence-electron chi connectivity index (χ2n) is 4.87. The van der Waals surface area contributed by atoms with Crippen molar-refractivity contribution in [1.82, 2.24) is 4.57 Å². The van der Waals surface area contributed by atoms with E-state index in [0.717, 1.165) is 4.57 Å². The summed E-state index contributed by atoms with van der Waals surface area (Å²) >= 11 is 5.80. The van der Waals surface area contributed by atoms with Crippen molar-refractivity contribution in [2.45, 2.75) is 0 Å². The quantitative estimate of drug-likeness (QED) is 0.785. The zero-order chi connectivity index (χ0) is 16.6. The van der Waals surface area contributed by atoms with Crippen LogP contribution in [0, 0.1) is 0 Å². The van der Waals surface area contributed by atoms with Gasteiger partial charge in [-0.3, -0.25) is 9.59 Å². The highest BCUT2D eigenvalue weighted by Crippen LogP contribution is 2.16. The summed E-state index contributed by atoms with van der Waals surface area (Å²) in [5.41, 5.74) is -0.728. The van der Waals surface area contributed by atoms with Gasteiger partial charge in [0, 0.05) is 10.6 Å². The third kappa shape index (κ3) is 2.62. The van der Waals surface area contributed by atoms with Crippen molar-refractivity contribution in [2.24, 2.45) is 0 Å². The SMILES string of the molecule is O=C(O)c1cc2ccccc2n(C(=O)c2ccc(Cl)cc2)c1=O. The molecule has 0 aliphatic rings. The number of benzene rings is 2. The van der Waals surface area contributed by atoms with Gasteiger partial charge in [-0.15, -0.1) is 0 Å². The van der Waals surface area contributed by atoms with Crippen LogP contribution in [0.15, 0.2) is 59.4 Å². The Kier molecular flexibility index (Phi) is 3.72. The predicted octanol–water partition coefficient (Wildman–Crippen LogP) is 3.04. The number of nitrogens with zero attached hydrogens (tertiary/aromatic N) is 1. The molecular formula is C17H10ClNO4. The average molecular weight is 328 g/mol. The highest BCUT2D eigenvalue weighted by atomic mass is 35.5. The molecule has 0 amide bonds. The predicted molar refractivity (Wildman–Crippen MR) is 86.3 cm³/mol. The molecular weight excluding hydrogens is 318 g/mol. The first-order valence-corrected chi connectivity index (χ1v) is 7.05. The number of carbonyl (C=O) groups is 2. The van der Waals surface area contributed by atoms with Crippen LogP contribution < -0.4 is 5.56 Å². The second-order valence-corrected chi connectivity index (χ2v) is 5.31. The zero-order valence-corrected chi connectivity index (χ0v) is 12.4. The van der Waals surface area contributed by atoms with E-state index in [1.165, 1.54) is 30.3 Å². The molecule has 0 spiro atoms. The Morgan fingerprint density at radius 3 is 2.30 bits per heavy atom. The lowest BCUT2D eigenvalue weighted by atomic mass is 10.1. The van der Waals surface area contributed by atoms with Crippen molar-refractivity contribution >= 4 is 34.4 Å². The van der Waals surface area contributed by atoms with Crippen LogP contribution in [-0.4, -0.2) is 21.6 Å². The topological polar surface area (TPSA) is 76.4 Å². The maximum Gasteiger partial charge on any atom is 0.341 e. The van der Waals surface area contributed by atoms with Crippen molar-refractivity contribution in [3.63, 3.8) is 0 Å². The summed E-state index contributed by atoms with van der Waals surface area (Å²) in [5.74, 6) is -1.98. The number of halogens is 1. The van der Waals surface area contributed by atoms with E-state index in [1.54, 1.807) is 24.3 Å². The Morgan fingerprint density at radius 2 is 1.65 bits per heavy atom. The third-order valence-electron chi connectivity index (χ3n) is 3.44. The minimum atomic E-state index is -1.38. The Labute approximate surface area is 135 Å². The van der Waals surface area contributed by atoms with E-state index in [1.807, 2.05) is 0 Å². The fourth-order valence-electron chi connectivity index (χ4n) is 2.34. The van der Waals surface area contributed by atoms with Gasteiger partial charge in [0.25, 0.3) is 11.5 Å². The molecule has 1 heterocycles. The van der Waals surface area contributed by atoms with Crippen molar-refractivity contribution in [2.75, 3.05) is 0 Å². The van der Waals surface area contributed by atoms with Gasteiger partial charge in [-0.25, -0.2) is 9.36 Å². The number of hydrogen-bond donors (Lipinski definition) is 1. The zero-order valence-electron chi connectivity index (χ0n) is 11.7. The van der Waals surface area contributed by atoms with Gasteiger partial charge in [-0.2, -0.15) is 0 Å². The van der Waals surface area contributed by atoms with Crippen molar-refractivity contribution in [1.29, 1.82) is 0 Å². The lowest BCUT2D eigenvalue weighted by Gasteiger charge is -2.10. The maximum atomic E-state index is 12.7. The standard InChI is InChI=1S/C17H10ClNO4/c18-12-7-5-10(6-8-12)15(20)19-14-4-2-1-3-11(14)9-13(16(19)21)17(22)23/h1-9H,(H,22,23). The van der Waals surface area contributed by atoms with Gasteiger partial charge < -0.3 is 5.11 Å². The van der Waals surface area contributed by atoms with Crippen molar-refractivity contribution in [3.8, 4) is 0 Å². The molecule has 0 aliphatic carbocycles. The lowest BCUT2D eigenvalue weighted by molar-refractivity contribution is 0.0695. The van der Waals surface area contributed by atoms with Gasteiger partial charge in [-0.05, 0) is 41.8 Å². The van der Waals surface area contributed by atoms with Crippen LogP contribution in [0.2, 0.25) is 5.02 Å². The van der Waals surface area contributed by atoms with Crippen LogP contribution in [0.25, 0.3) is 10.9 Å². The van der Waals surface area contributed by atoms with Gasteiger partial charge >= 0.3 is 5.97 Å². The van der Waals surface area contributed by atoms with E-state index >= 15 is 0 Å². The minimum absolute atomic E-state index is 0.240. The summed E-state index contributed by atoms with van der Waals surface area (Å²) in [6, 6.07) is 13.9. The number of carboxylic acids is 1. The molecule has 0 atom stereocenters. The van der Waals surface area contributed by atoms with Gasteiger partial charge in [0.15, 0.2) is 0 Å². The molecule has 6 heteroatoms. The summed E-state index contributed by atoms with van der Waals surface area (Å²) in [6.45, 7) is 0. The molecule has 23 heavy (non-hydrogen) atoms. The molecule has 3 rings (SSSR count). The first kappa shape index (κ1) is 15.0. The molecule has 0 saturated carbocycles. The van der Waals surface area contributed by atoms with Gasteiger partial charge in [0.05, 0.1) is 5.52 Å². The molecule has 0 saturated heterocycles. The summed E-state index contributed by atoms with van der Waals surface area (Å²) in [7, 11) is 0. The minimum Gasteiger partial charge on any atom is -0.477 e. The highest BCUT2D eigenvalue weighted by molar-refractivity contribution is 6.30. The van der Waals surface area contributed by atoms with Crippen molar-refractivity contribution < 1.29 is 14.7 Å². The van der Waals surface area contributed by atoms with Crippen LogP contribution in [0.3, 0.4) is 0 Å². The number of rotatable bonds is 2. The van der Waals surface area contributed by atoms with Gasteiger partial charge in [0.1, 0.15) is 5.56 Å². The van der Waals surface area contributed by atoms with Crippen LogP contribution in [0.5, 0.6) is 0 Å². The molecule has 0 bridgehead atoms. The van der Waals surface area contributed by atoms with E-state index in [0.29, 0.717) is 15.9 Å². The molecule has 0 radical (unpaired) electrons. The Balaban J connectivity index is 2.33. The number of carboxylic acid groups (broad SMARTS) is 1. The van der Waals surface area contributed by atoms with E-state index in [4.69, 9.17) is 11.6 Å². The van der Waals surface area contributed by atoms with Crippen LogP contribution in [0.4, 0.5) is 0 Å². The molecule has 1 N–H and O–H groups in total. The van der Waals surface area contributed by atoms with Gasteiger partial charge in [-0.1, -0.05) is 29.8 Å². The number of fused-ring (bicyclic) bond motifs is 1. The molecule has 5 nitrogen and oxygen atoms in total. The molecule has 114 valence electrons. The Bertz CT molecular complexity index is 990. The Morgan fingerprint density at radius 1 is 1.00 bits per heavy atom. The Hall–Kier alpha value is -2.92. The molecule has 2 aromatic carbocycles. The summed E-state index contributed by atoms with van der Waals surface area (Å²) in [5, 5.41) is 10.1.